The molecule has 1 aromatic rings. The van der Waals surface area contributed by atoms with E-state index in [9.17, 15) is 0 Å². The zero-order chi connectivity index (χ0) is 10.9. The smallest absolute Gasteiger partial charge is 0.0506 e. The van der Waals surface area contributed by atoms with E-state index in [1.807, 2.05) is 24.3 Å². The van der Waals surface area contributed by atoms with Crippen molar-refractivity contribution < 1.29 is 4.74 Å². The van der Waals surface area contributed by atoms with Crippen LogP contribution in [0.1, 0.15) is 24.8 Å². The first-order valence-corrected chi connectivity index (χ1v) is 5.82. The van der Waals surface area contributed by atoms with E-state index in [1.165, 1.54) is 5.56 Å². The Balaban J connectivity index is 2.07. The van der Waals surface area contributed by atoms with E-state index in [2.05, 4.69) is 6.92 Å². The molecule has 1 aromatic carbocycles. The van der Waals surface area contributed by atoms with Gasteiger partial charge in [-0.2, -0.15) is 0 Å². The second-order valence-corrected chi connectivity index (χ2v) is 3.99. The van der Waals surface area contributed by atoms with Crippen molar-refractivity contribution in [2.75, 3.05) is 13.2 Å². The first kappa shape index (κ1) is 12.5. The summed E-state index contributed by atoms with van der Waals surface area (Å²) in [6.45, 7) is 5.43. The van der Waals surface area contributed by atoms with Gasteiger partial charge in [0.05, 0.1) is 6.61 Å². The maximum absolute atomic E-state index is 5.79. The Morgan fingerprint density at radius 1 is 1.07 bits per heavy atom. The molecule has 1 rings (SSSR count). The quantitative estimate of drug-likeness (QED) is 0.640. The number of hydrogen-bond acceptors (Lipinski definition) is 1. The van der Waals surface area contributed by atoms with Crippen LogP contribution < -0.4 is 0 Å². The molecule has 1 nitrogen and oxygen atoms in total. The number of benzene rings is 1. The summed E-state index contributed by atoms with van der Waals surface area (Å²) in [5.74, 6) is 0. The molecular weight excluding hydrogens is 208 g/mol. The highest BCUT2D eigenvalue weighted by Gasteiger charge is 1.93. The Morgan fingerprint density at radius 2 is 1.80 bits per heavy atom. The highest BCUT2D eigenvalue weighted by atomic mass is 35.5. The third kappa shape index (κ3) is 5.81. The van der Waals surface area contributed by atoms with Crippen molar-refractivity contribution in [3.63, 3.8) is 0 Å². The minimum Gasteiger partial charge on any atom is -0.381 e. The van der Waals surface area contributed by atoms with Crippen LogP contribution in [0.3, 0.4) is 0 Å². The fourth-order valence-electron chi connectivity index (χ4n) is 1.32. The minimum atomic E-state index is 0.787. The van der Waals surface area contributed by atoms with E-state index >= 15 is 0 Å². The Labute approximate surface area is 97.4 Å². The van der Waals surface area contributed by atoms with Crippen LogP contribution in [0.2, 0.25) is 5.02 Å². The Morgan fingerprint density at radius 3 is 2.47 bits per heavy atom. The van der Waals surface area contributed by atoms with Crippen molar-refractivity contribution >= 4 is 11.6 Å². The third-order valence-electron chi connectivity index (χ3n) is 2.24. The third-order valence-corrected chi connectivity index (χ3v) is 2.49. The summed E-state index contributed by atoms with van der Waals surface area (Å²) in [5.41, 5.74) is 1.27. The van der Waals surface area contributed by atoms with Crippen LogP contribution in [0.5, 0.6) is 0 Å². The topological polar surface area (TPSA) is 9.23 Å². The largest absolute Gasteiger partial charge is 0.381 e. The van der Waals surface area contributed by atoms with Gasteiger partial charge in [-0.25, -0.2) is 0 Å². The molecule has 0 saturated heterocycles. The Bertz CT molecular complexity index is 256. The van der Waals surface area contributed by atoms with Gasteiger partial charge in [0.2, 0.25) is 0 Å². The summed E-state index contributed by atoms with van der Waals surface area (Å²) in [5, 5.41) is 0.787. The highest BCUT2D eigenvalue weighted by molar-refractivity contribution is 6.30. The average molecular weight is 226 g/mol. The Hall–Kier alpha value is -0.530. The summed E-state index contributed by atoms with van der Waals surface area (Å²) < 4.78 is 5.51. The van der Waals surface area contributed by atoms with Crippen molar-refractivity contribution in [2.24, 2.45) is 0 Å². The first-order valence-electron chi connectivity index (χ1n) is 5.44. The second-order valence-electron chi connectivity index (χ2n) is 3.55. The Kier molecular flexibility index (Phi) is 6.45. The standard InChI is InChI=1S/C13H18ClO/c1-2-3-4-10-15-11-9-12-5-7-13(14)8-6-12/h5-8H,1-4,9-11H2. The number of halogens is 1. The van der Waals surface area contributed by atoms with Gasteiger partial charge in [0, 0.05) is 11.6 Å². The fourth-order valence-corrected chi connectivity index (χ4v) is 1.45. The van der Waals surface area contributed by atoms with E-state index in [0.717, 1.165) is 43.9 Å². The predicted molar refractivity (Wildman–Crippen MR) is 65.2 cm³/mol. The molecule has 0 bridgehead atoms. The summed E-state index contributed by atoms with van der Waals surface area (Å²) in [6.07, 6.45) is 4.23. The molecule has 0 aliphatic rings. The summed E-state index contributed by atoms with van der Waals surface area (Å²) in [4.78, 5) is 0. The van der Waals surface area contributed by atoms with Gasteiger partial charge >= 0.3 is 0 Å². The van der Waals surface area contributed by atoms with Gasteiger partial charge in [-0.15, -0.1) is 0 Å². The molecule has 0 spiro atoms. The van der Waals surface area contributed by atoms with Crippen LogP contribution >= 0.6 is 11.6 Å². The van der Waals surface area contributed by atoms with E-state index < -0.39 is 0 Å². The van der Waals surface area contributed by atoms with Gasteiger partial charge in [0.25, 0.3) is 0 Å². The van der Waals surface area contributed by atoms with Gasteiger partial charge in [0.15, 0.2) is 0 Å². The van der Waals surface area contributed by atoms with E-state index in [0.29, 0.717) is 0 Å². The van der Waals surface area contributed by atoms with Crippen LogP contribution in [0.25, 0.3) is 0 Å². The van der Waals surface area contributed by atoms with Crippen molar-refractivity contribution in [3.8, 4) is 0 Å². The summed E-state index contributed by atoms with van der Waals surface area (Å²) >= 11 is 5.79. The second kappa shape index (κ2) is 7.72. The lowest BCUT2D eigenvalue weighted by molar-refractivity contribution is 0.133. The van der Waals surface area contributed by atoms with Crippen molar-refractivity contribution in [2.45, 2.75) is 25.7 Å². The number of ether oxygens (including phenoxy) is 1. The normalized spacial score (nSPS) is 10.5. The van der Waals surface area contributed by atoms with Crippen LogP contribution in [0.15, 0.2) is 24.3 Å². The van der Waals surface area contributed by atoms with E-state index in [4.69, 9.17) is 16.3 Å². The number of unbranched alkanes of at least 4 members (excludes halogenated alkanes) is 2. The van der Waals surface area contributed by atoms with Gasteiger partial charge in [-0.3, -0.25) is 0 Å². The van der Waals surface area contributed by atoms with Crippen LogP contribution in [-0.4, -0.2) is 13.2 Å². The molecule has 0 aliphatic heterocycles. The van der Waals surface area contributed by atoms with Crippen molar-refractivity contribution in [1.29, 1.82) is 0 Å². The van der Waals surface area contributed by atoms with Crippen LogP contribution in [0.4, 0.5) is 0 Å². The van der Waals surface area contributed by atoms with Crippen LogP contribution in [-0.2, 0) is 11.2 Å². The molecule has 0 amide bonds. The van der Waals surface area contributed by atoms with E-state index in [-0.39, 0.29) is 0 Å². The molecule has 0 N–H and O–H groups in total. The molecule has 0 saturated carbocycles. The molecule has 1 radical (unpaired) electrons. The highest BCUT2D eigenvalue weighted by Crippen LogP contribution is 2.09. The predicted octanol–water partition coefficient (Wildman–Crippen LogP) is 3.90. The van der Waals surface area contributed by atoms with Gasteiger partial charge in [0.1, 0.15) is 0 Å². The van der Waals surface area contributed by atoms with E-state index in [1.54, 1.807) is 0 Å². The van der Waals surface area contributed by atoms with Gasteiger partial charge < -0.3 is 4.74 Å². The van der Waals surface area contributed by atoms with Gasteiger partial charge in [-0.1, -0.05) is 43.5 Å². The number of rotatable bonds is 7. The van der Waals surface area contributed by atoms with Gasteiger partial charge in [-0.05, 0) is 30.5 Å². The summed E-state index contributed by atoms with van der Waals surface area (Å²) in [7, 11) is 0. The lowest BCUT2D eigenvalue weighted by Gasteiger charge is -2.03. The fraction of sp³-hybridized carbons (Fsp3) is 0.462. The molecular formula is C13H18ClO. The number of hydrogen-bond donors (Lipinski definition) is 0. The lowest BCUT2D eigenvalue weighted by Crippen LogP contribution is -2.00. The molecule has 0 aliphatic carbocycles. The monoisotopic (exact) mass is 225 g/mol. The maximum Gasteiger partial charge on any atom is 0.0506 e. The molecule has 2 heteroatoms. The summed E-state index contributed by atoms with van der Waals surface area (Å²) in [6, 6.07) is 7.92. The maximum atomic E-state index is 5.79. The molecule has 0 atom stereocenters. The van der Waals surface area contributed by atoms with Crippen LogP contribution in [0, 0.1) is 6.92 Å². The minimum absolute atomic E-state index is 0.787. The molecule has 15 heavy (non-hydrogen) atoms. The molecule has 0 unspecified atom stereocenters. The lowest BCUT2D eigenvalue weighted by atomic mass is 10.2. The zero-order valence-electron chi connectivity index (χ0n) is 9.05. The molecule has 0 heterocycles. The molecule has 0 fully saturated rings. The zero-order valence-corrected chi connectivity index (χ0v) is 9.80. The van der Waals surface area contributed by atoms with Crippen molar-refractivity contribution in [1.82, 2.24) is 0 Å². The average Bonchev–Trinajstić information content (AvgIpc) is 2.26. The molecule has 83 valence electrons. The van der Waals surface area contributed by atoms with Crippen molar-refractivity contribution in [3.05, 3.63) is 41.8 Å². The SMILES string of the molecule is [CH2]CCCCOCCc1ccc(Cl)cc1. The first-order chi connectivity index (χ1) is 7.33. The molecule has 0 aromatic heterocycles.